The van der Waals surface area contributed by atoms with Crippen LogP contribution in [0.25, 0.3) is 0 Å². The molecule has 1 spiro atoms. The third kappa shape index (κ3) is 7.61. The van der Waals surface area contributed by atoms with Gasteiger partial charge in [0.15, 0.2) is 0 Å². The quantitative estimate of drug-likeness (QED) is 0.0622. The van der Waals surface area contributed by atoms with Crippen molar-refractivity contribution >= 4 is 41.3 Å². The summed E-state index contributed by atoms with van der Waals surface area (Å²) in [5.74, 6) is 1.50. The number of cyclic esters (lactones) is 1. The molecule has 0 saturated carbocycles. The largest absolute Gasteiger partial charge is 0.491 e. The lowest BCUT2D eigenvalue weighted by Crippen LogP contribution is -2.55. The van der Waals surface area contributed by atoms with Crippen LogP contribution in [0.15, 0.2) is 127 Å². The van der Waals surface area contributed by atoms with Crippen molar-refractivity contribution in [3.8, 4) is 17.6 Å². The summed E-state index contributed by atoms with van der Waals surface area (Å²) in [5, 5.41) is 23.3. The molecule has 64 heavy (non-hydrogen) atoms. The Balaban J connectivity index is 1.38. The first-order valence-corrected chi connectivity index (χ1v) is 20.1. The Morgan fingerprint density at radius 3 is 2.20 bits per heavy atom. The van der Waals surface area contributed by atoms with Crippen molar-refractivity contribution in [2.75, 3.05) is 24.7 Å². The van der Waals surface area contributed by atoms with E-state index in [4.69, 9.17) is 25.7 Å². The van der Waals surface area contributed by atoms with Gasteiger partial charge >= 0.3 is 18.1 Å². The van der Waals surface area contributed by atoms with Crippen LogP contribution in [0.2, 0.25) is 0 Å². The maximum absolute atomic E-state index is 16.0. The average Bonchev–Trinajstić information content (AvgIpc) is 3.76. The molecule has 3 aliphatic rings. The van der Waals surface area contributed by atoms with Crippen molar-refractivity contribution in [2.24, 2.45) is 17.4 Å². The van der Waals surface area contributed by atoms with Crippen molar-refractivity contribution in [3.05, 3.63) is 171 Å². The number of nitrogens with two attached hydrogens (primary N) is 2. The number of non-ortho nitro benzene ring substituents is 1. The van der Waals surface area contributed by atoms with E-state index in [9.17, 15) is 34.4 Å². The maximum Gasteiger partial charge on any atom is 0.421 e. The molecule has 5 amide bonds. The van der Waals surface area contributed by atoms with E-state index in [1.54, 1.807) is 59.5 Å². The zero-order valence-electron chi connectivity index (χ0n) is 33.9. The molecule has 17 nitrogen and oxygen atoms in total. The fourth-order valence-electron chi connectivity index (χ4n) is 9.13. The number of nitro groups is 1. The molecule has 6 atom stereocenters. The van der Waals surface area contributed by atoms with E-state index in [2.05, 4.69) is 17.2 Å². The van der Waals surface area contributed by atoms with Crippen LogP contribution in [0.1, 0.15) is 51.6 Å². The van der Waals surface area contributed by atoms with Crippen LogP contribution in [-0.2, 0) is 35.9 Å². The molecule has 3 heterocycles. The molecule has 17 heteroatoms. The van der Waals surface area contributed by atoms with E-state index in [1.807, 2.05) is 36.4 Å². The first-order valence-electron chi connectivity index (χ1n) is 20.1. The Labute approximate surface area is 365 Å². The van der Waals surface area contributed by atoms with E-state index in [1.165, 1.54) is 36.4 Å². The van der Waals surface area contributed by atoms with E-state index in [0.29, 0.717) is 33.6 Å². The summed E-state index contributed by atoms with van der Waals surface area (Å²) in [4.78, 5) is 84.5. The fourth-order valence-corrected chi connectivity index (χ4v) is 9.13. The lowest BCUT2D eigenvalue weighted by molar-refractivity contribution is -0.384. The molecular formula is C47H40N6O11. The number of carbonyl (C=O) groups is 5. The number of nitrogens with one attached hydrogen (secondary N) is 1. The number of primary amides is 2. The van der Waals surface area contributed by atoms with Crippen molar-refractivity contribution in [2.45, 2.75) is 36.3 Å². The molecular weight excluding hydrogens is 825 g/mol. The lowest BCUT2D eigenvalue weighted by Gasteiger charge is -2.46. The number of esters is 1. The first kappa shape index (κ1) is 42.6. The van der Waals surface area contributed by atoms with Crippen molar-refractivity contribution in [1.82, 2.24) is 10.2 Å². The second-order valence-corrected chi connectivity index (χ2v) is 15.2. The zero-order chi connectivity index (χ0) is 45.1. The number of hydrogen-bond acceptors (Lipinski definition) is 12. The van der Waals surface area contributed by atoms with Gasteiger partial charge in [-0.2, -0.15) is 0 Å². The SMILES string of the molecule is NC(=O)NCC#Cc1ccc2c(c1)[C@]1(C(=O)N2C(=O)OCc2ccc([N+](=O)[O-])cc2)[C@H](C(N)=O)[C@H]2C(=O)O[C@H](c3ccccc3)[C@H](c3ccccc3)N2[C@@H]1c1cccc(OCCO)c1. The van der Waals surface area contributed by atoms with Gasteiger partial charge in [0.05, 0.1) is 41.8 Å². The molecule has 2 saturated heterocycles. The highest BCUT2D eigenvalue weighted by atomic mass is 16.6. The second kappa shape index (κ2) is 17.7. The van der Waals surface area contributed by atoms with Gasteiger partial charge in [0.25, 0.3) is 5.69 Å². The van der Waals surface area contributed by atoms with E-state index < -0.39 is 77.0 Å². The van der Waals surface area contributed by atoms with Crippen LogP contribution >= 0.6 is 0 Å². The van der Waals surface area contributed by atoms with Crippen LogP contribution in [0.5, 0.6) is 5.75 Å². The van der Waals surface area contributed by atoms with Crippen molar-refractivity contribution in [1.29, 1.82) is 0 Å². The molecule has 0 aliphatic carbocycles. The van der Waals surface area contributed by atoms with Crippen LogP contribution < -0.4 is 26.4 Å². The Morgan fingerprint density at radius 2 is 1.55 bits per heavy atom. The molecule has 5 aromatic carbocycles. The summed E-state index contributed by atoms with van der Waals surface area (Å²) in [6.45, 7) is -0.917. The molecule has 0 bridgehead atoms. The number of benzene rings is 5. The van der Waals surface area contributed by atoms with E-state index in [0.717, 1.165) is 4.90 Å². The number of ether oxygens (including phenoxy) is 3. The Bertz CT molecular complexity index is 2710. The summed E-state index contributed by atoms with van der Waals surface area (Å²) in [6, 6.07) is 30.2. The highest BCUT2D eigenvalue weighted by molar-refractivity contribution is 6.23. The lowest BCUT2D eigenvalue weighted by atomic mass is 9.65. The average molecular weight is 865 g/mol. The van der Waals surface area contributed by atoms with Gasteiger partial charge in [0.1, 0.15) is 36.5 Å². The van der Waals surface area contributed by atoms with Crippen LogP contribution in [0.4, 0.5) is 21.0 Å². The second-order valence-electron chi connectivity index (χ2n) is 15.2. The maximum atomic E-state index is 16.0. The minimum atomic E-state index is -2.19. The van der Waals surface area contributed by atoms with Gasteiger partial charge < -0.3 is 36.1 Å². The number of hydrogen-bond donors (Lipinski definition) is 4. The minimum Gasteiger partial charge on any atom is -0.491 e. The number of anilines is 1. The van der Waals surface area contributed by atoms with Crippen LogP contribution in [0, 0.1) is 27.9 Å². The number of nitrogens with zero attached hydrogens (tertiary/aromatic N) is 3. The predicted molar refractivity (Wildman–Crippen MR) is 228 cm³/mol. The molecule has 0 aromatic heterocycles. The summed E-state index contributed by atoms with van der Waals surface area (Å²) < 4.78 is 17.9. The highest BCUT2D eigenvalue weighted by Crippen LogP contribution is 2.66. The molecule has 2 fully saturated rings. The van der Waals surface area contributed by atoms with Gasteiger partial charge in [-0.15, -0.1) is 0 Å². The summed E-state index contributed by atoms with van der Waals surface area (Å²) in [5.41, 5.74) is 11.8. The predicted octanol–water partition coefficient (Wildman–Crippen LogP) is 4.47. The van der Waals surface area contributed by atoms with E-state index >= 15 is 4.79 Å². The summed E-state index contributed by atoms with van der Waals surface area (Å²) >= 11 is 0. The summed E-state index contributed by atoms with van der Waals surface area (Å²) in [6.07, 6.45) is -2.14. The number of morpholine rings is 1. The first-order chi connectivity index (χ1) is 30.9. The smallest absolute Gasteiger partial charge is 0.421 e. The van der Waals surface area contributed by atoms with Crippen molar-refractivity contribution in [3.63, 3.8) is 0 Å². The standard InChI is InChI=1S/C47H40N6O11/c48-42(55)37-39-43(56)64-40(31-12-5-2-6-13-31)38(30-10-3-1-4-11-30)52(39)41(32-14-7-15-34(26-32)62-24-23-54)47(37)35-25-28(9-8-22-50-45(49)58)18-21-36(35)51(44(47)57)46(59)63-27-29-16-19-33(20-17-29)53(60)61/h1-7,10-21,25-26,37-41,54H,22-24,27H2,(H2,48,55)(H3,49,50,58)/t37-,38-,39-,40+,41+,47-/m0/s1. The number of aliphatic hydroxyl groups excluding tert-OH is 1. The van der Waals surface area contributed by atoms with Gasteiger partial charge in [-0.25, -0.2) is 14.5 Å². The third-order valence-corrected chi connectivity index (χ3v) is 11.6. The number of aliphatic hydroxyl groups is 1. The topological polar surface area (TPSA) is 247 Å². The third-order valence-electron chi connectivity index (χ3n) is 11.6. The Morgan fingerprint density at radius 1 is 0.859 bits per heavy atom. The monoisotopic (exact) mass is 864 g/mol. The number of rotatable bonds is 11. The summed E-state index contributed by atoms with van der Waals surface area (Å²) in [7, 11) is 0. The number of urea groups is 1. The highest BCUT2D eigenvalue weighted by Gasteiger charge is 2.75. The molecule has 324 valence electrons. The van der Waals surface area contributed by atoms with Gasteiger partial charge in [-0.05, 0) is 70.3 Å². The number of imide groups is 1. The zero-order valence-corrected chi connectivity index (χ0v) is 33.9. The molecule has 0 unspecified atom stereocenters. The Hall–Kier alpha value is -8.07. The number of carbonyl (C=O) groups excluding carboxylic acids is 5. The number of fused-ring (bicyclic) bond motifs is 3. The van der Waals surface area contributed by atoms with Crippen LogP contribution in [0.3, 0.4) is 0 Å². The minimum absolute atomic E-state index is 0.00697. The molecule has 3 aliphatic heterocycles. The van der Waals surface area contributed by atoms with Gasteiger partial charge in [-0.1, -0.05) is 84.6 Å². The van der Waals surface area contributed by atoms with Gasteiger partial charge in [-0.3, -0.25) is 29.4 Å². The molecule has 8 rings (SSSR count). The molecule has 0 radical (unpaired) electrons. The molecule has 6 N–H and O–H groups in total. The normalized spacial score (nSPS) is 22.1. The van der Waals surface area contributed by atoms with Crippen LogP contribution in [-0.4, -0.2) is 70.6 Å². The fraction of sp³-hybridized carbons (Fsp3) is 0.213. The van der Waals surface area contributed by atoms with E-state index in [-0.39, 0.29) is 36.7 Å². The van der Waals surface area contributed by atoms with Gasteiger partial charge in [0, 0.05) is 17.7 Å². The van der Waals surface area contributed by atoms with Crippen molar-refractivity contribution < 1.29 is 48.2 Å². The van der Waals surface area contributed by atoms with Gasteiger partial charge in [0.2, 0.25) is 11.8 Å². The number of amides is 5. The molecule has 5 aromatic rings. The number of nitro benzene ring substituents is 1. The Kier molecular flexibility index (Phi) is 11.8.